The van der Waals surface area contributed by atoms with E-state index in [-0.39, 0.29) is 5.92 Å². The van der Waals surface area contributed by atoms with Crippen LogP contribution in [0.15, 0.2) is 36.5 Å². The van der Waals surface area contributed by atoms with Crippen molar-refractivity contribution in [3.63, 3.8) is 0 Å². The molecular weight excluding hydrogens is 389 g/mol. The number of nitrogens with zero attached hydrogens (tertiary/aromatic N) is 3. The Bertz CT molecular complexity index is 1020. The van der Waals surface area contributed by atoms with Crippen molar-refractivity contribution in [2.45, 2.75) is 57.7 Å². The van der Waals surface area contributed by atoms with E-state index in [9.17, 15) is 4.39 Å². The topological polar surface area (TPSA) is 56.8 Å². The lowest BCUT2D eigenvalue weighted by Crippen LogP contribution is -2.23. The van der Waals surface area contributed by atoms with Crippen molar-refractivity contribution in [2.75, 3.05) is 25.0 Å². The summed E-state index contributed by atoms with van der Waals surface area (Å²) in [6.45, 7) is 3.70. The van der Waals surface area contributed by atoms with Crippen molar-refractivity contribution in [2.24, 2.45) is 5.92 Å². The molecule has 5 rings (SSSR count). The zero-order chi connectivity index (χ0) is 21.0. The van der Waals surface area contributed by atoms with Crippen LogP contribution in [0.3, 0.4) is 0 Å². The summed E-state index contributed by atoms with van der Waals surface area (Å²) < 4.78 is 14.9. The first-order valence-corrected chi connectivity index (χ1v) is 11.8. The van der Waals surface area contributed by atoms with Crippen LogP contribution in [0.5, 0.6) is 0 Å². The van der Waals surface area contributed by atoms with Crippen LogP contribution in [-0.2, 0) is 19.4 Å². The van der Waals surface area contributed by atoms with Crippen molar-refractivity contribution in [3.8, 4) is 0 Å². The minimum atomic E-state index is -0.703. The molecule has 0 aliphatic carbocycles. The quantitative estimate of drug-likeness (QED) is 0.509. The van der Waals surface area contributed by atoms with Crippen LogP contribution >= 0.6 is 0 Å². The molecule has 2 aromatic heterocycles. The maximum atomic E-state index is 14.9. The number of aromatic amines is 1. The van der Waals surface area contributed by atoms with Crippen LogP contribution in [0.1, 0.15) is 48.9 Å². The molecule has 3 aromatic rings. The first-order chi connectivity index (χ1) is 15.3. The van der Waals surface area contributed by atoms with Crippen molar-refractivity contribution < 1.29 is 4.39 Å². The number of anilines is 1. The first kappa shape index (κ1) is 20.4. The van der Waals surface area contributed by atoms with E-state index in [2.05, 4.69) is 50.7 Å². The Morgan fingerprint density at radius 3 is 3.13 bits per heavy atom. The Labute approximate surface area is 183 Å². The highest BCUT2D eigenvalue weighted by Gasteiger charge is 2.29. The fraction of sp³-hybridized carbons (Fsp3) is 0.520. The normalized spacial score (nSPS) is 20.0. The van der Waals surface area contributed by atoms with Crippen LogP contribution in [0, 0.1) is 5.92 Å². The predicted octanol–water partition coefficient (Wildman–Crippen LogP) is 4.89. The molecule has 0 radical (unpaired) electrons. The number of nitrogens with one attached hydrogen (secondary N) is 2. The number of aromatic nitrogens is 3. The van der Waals surface area contributed by atoms with Gasteiger partial charge in [-0.25, -0.2) is 9.37 Å². The van der Waals surface area contributed by atoms with Gasteiger partial charge in [0.2, 0.25) is 0 Å². The van der Waals surface area contributed by atoms with Gasteiger partial charge < -0.3 is 5.32 Å². The van der Waals surface area contributed by atoms with E-state index in [1.165, 1.54) is 17.5 Å². The number of halogens is 1. The molecule has 4 heterocycles. The third kappa shape index (κ3) is 4.74. The lowest BCUT2D eigenvalue weighted by molar-refractivity contribution is 0.203. The molecule has 0 amide bonds. The average Bonchev–Trinajstić information content (AvgIpc) is 3.47. The number of alkyl halides is 1. The van der Waals surface area contributed by atoms with Crippen molar-refractivity contribution >= 4 is 16.7 Å². The minimum Gasteiger partial charge on any atom is -0.370 e. The smallest absolute Gasteiger partial charge is 0.129 e. The molecule has 31 heavy (non-hydrogen) atoms. The van der Waals surface area contributed by atoms with Crippen LogP contribution in [0.4, 0.5) is 10.2 Å². The molecule has 5 nitrogen and oxygen atoms in total. The van der Waals surface area contributed by atoms with Gasteiger partial charge in [0, 0.05) is 36.6 Å². The number of benzene rings is 1. The number of fused-ring (bicyclic) bond motifs is 2. The van der Waals surface area contributed by atoms with Crippen LogP contribution < -0.4 is 5.32 Å². The molecule has 1 aromatic carbocycles. The molecule has 2 N–H and O–H groups in total. The molecule has 0 spiro atoms. The lowest BCUT2D eigenvalue weighted by atomic mass is 9.97. The van der Waals surface area contributed by atoms with Gasteiger partial charge in [-0.05, 0) is 62.3 Å². The highest BCUT2D eigenvalue weighted by atomic mass is 19.1. The Morgan fingerprint density at radius 2 is 2.16 bits per heavy atom. The summed E-state index contributed by atoms with van der Waals surface area (Å²) in [5.41, 5.74) is 4.81. The molecule has 1 saturated heterocycles. The molecule has 0 saturated carbocycles. The maximum Gasteiger partial charge on any atom is 0.129 e. The number of pyridine rings is 1. The second-order valence-corrected chi connectivity index (χ2v) is 9.14. The molecule has 0 bridgehead atoms. The van der Waals surface area contributed by atoms with E-state index in [1.807, 2.05) is 6.20 Å². The van der Waals surface area contributed by atoms with Gasteiger partial charge in [0.15, 0.2) is 0 Å². The van der Waals surface area contributed by atoms with Gasteiger partial charge in [0.1, 0.15) is 12.0 Å². The second-order valence-electron chi connectivity index (χ2n) is 9.14. The van der Waals surface area contributed by atoms with Crippen LogP contribution in [0.25, 0.3) is 10.9 Å². The largest absolute Gasteiger partial charge is 0.370 e. The summed E-state index contributed by atoms with van der Waals surface area (Å²) in [5, 5.41) is 11.8. The number of H-pyrrole nitrogens is 1. The molecule has 0 unspecified atom stereocenters. The number of aryl methyl sites for hydroxylation is 2. The zero-order valence-corrected chi connectivity index (χ0v) is 18.1. The number of likely N-dealkylation sites (tertiary alicyclic amines) is 1. The summed E-state index contributed by atoms with van der Waals surface area (Å²) >= 11 is 0. The fourth-order valence-corrected chi connectivity index (χ4v) is 5.09. The number of rotatable bonds is 8. The second kappa shape index (κ2) is 9.35. The Kier molecular flexibility index (Phi) is 6.16. The SMILES string of the molecule is F[C@H](CCCCc1ccc2c(n1)NCCC2)[C@@H]1CCN(Cc2cccc3cn[nH]c23)C1. The molecule has 164 valence electrons. The van der Waals surface area contributed by atoms with Crippen molar-refractivity contribution in [3.05, 3.63) is 53.3 Å². The van der Waals surface area contributed by atoms with Gasteiger partial charge in [-0.15, -0.1) is 0 Å². The van der Waals surface area contributed by atoms with E-state index in [4.69, 9.17) is 4.98 Å². The van der Waals surface area contributed by atoms with Gasteiger partial charge in [-0.1, -0.05) is 30.7 Å². The summed E-state index contributed by atoms with van der Waals surface area (Å²) in [5.74, 6) is 1.22. The molecule has 2 aliphatic rings. The molecule has 1 fully saturated rings. The fourth-order valence-electron chi connectivity index (χ4n) is 5.09. The molecule has 6 heteroatoms. The average molecular weight is 422 g/mol. The Balaban J connectivity index is 1.06. The number of para-hydroxylation sites is 1. The number of unbranched alkanes of at least 4 members (excludes halogenated alkanes) is 1. The summed E-state index contributed by atoms with van der Waals surface area (Å²) in [6.07, 6.45) is 7.95. The molecule has 2 aliphatic heterocycles. The summed E-state index contributed by atoms with van der Waals surface area (Å²) in [4.78, 5) is 7.14. The summed E-state index contributed by atoms with van der Waals surface area (Å²) in [6, 6.07) is 10.6. The van der Waals surface area contributed by atoms with Crippen LogP contribution in [0.2, 0.25) is 0 Å². The minimum absolute atomic E-state index is 0.159. The van der Waals surface area contributed by atoms with E-state index in [0.717, 1.165) is 80.7 Å². The highest BCUT2D eigenvalue weighted by molar-refractivity contribution is 5.81. The van der Waals surface area contributed by atoms with E-state index in [1.54, 1.807) is 0 Å². The number of hydrogen-bond donors (Lipinski definition) is 2. The zero-order valence-electron chi connectivity index (χ0n) is 18.1. The third-order valence-electron chi connectivity index (χ3n) is 6.89. The highest BCUT2D eigenvalue weighted by Crippen LogP contribution is 2.28. The van der Waals surface area contributed by atoms with Crippen LogP contribution in [-0.4, -0.2) is 45.9 Å². The van der Waals surface area contributed by atoms with E-state index >= 15 is 0 Å². The first-order valence-electron chi connectivity index (χ1n) is 11.8. The molecule has 2 atom stereocenters. The van der Waals surface area contributed by atoms with Gasteiger partial charge in [-0.2, -0.15) is 5.10 Å². The van der Waals surface area contributed by atoms with Gasteiger partial charge in [0.05, 0.1) is 11.7 Å². The standard InChI is InChI=1S/C25H32FN5/c26-23(9-2-1-8-22-11-10-18-7-4-13-27-25(18)29-22)20-12-14-31(16-20)17-21-6-3-5-19-15-28-30-24(19)21/h3,5-6,10-11,15,20,23H,1-2,4,7-9,12-14,16-17H2,(H,27,29)(H,28,30)/t20-,23-/m1/s1. The van der Waals surface area contributed by atoms with E-state index in [0.29, 0.717) is 6.42 Å². The maximum absolute atomic E-state index is 14.9. The lowest BCUT2D eigenvalue weighted by Gasteiger charge is -2.19. The van der Waals surface area contributed by atoms with Gasteiger partial charge in [-0.3, -0.25) is 10.00 Å². The van der Waals surface area contributed by atoms with Gasteiger partial charge in [0.25, 0.3) is 0 Å². The van der Waals surface area contributed by atoms with Crippen molar-refractivity contribution in [1.82, 2.24) is 20.1 Å². The monoisotopic (exact) mass is 421 g/mol. The predicted molar refractivity (Wildman–Crippen MR) is 123 cm³/mol. The Hall–Kier alpha value is -2.47. The Morgan fingerprint density at radius 1 is 1.19 bits per heavy atom. The van der Waals surface area contributed by atoms with Crippen molar-refractivity contribution in [1.29, 1.82) is 0 Å². The van der Waals surface area contributed by atoms with E-state index < -0.39 is 6.17 Å². The third-order valence-corrected chi connectivity index (χ3v) is 6.89. The molecular formula is C25H32FN5. The summed E-state index contributed by atoms with van der Waals surface area (Å²) in [7, 11) is 0. The number of hydrogen-bond acceptors (Lipinski definition) is 4. The van der Waals surface area contributed by atoms with Gasteiger partial charge >= 0.3 is 0 Å².